The highest BCUT2D eigenvalue weighted by atomic mass is 14.8. The normalized spacial score (nSPS) is 9.92. The molecule has 1 N–H and O–H groups in total. The summed E-state index contributed by atoms with van der Waals surface area (Å²) in [5, 5.41) is 3.35. The van der Waals surface area contributed by atoms with Gasteiger partial charge in [-0.1, -0.05) is 49.4 Å². The molecule has 1 nitrogen and oxygen atoms in total. The molecular weight excluding hydrogens is 158 g/mol. The van der Waals surface area contributed by atoms with Gasteiger partial charge in [0, 0.05) is 13.1 Å². The summed E-state index contributed by atoms with van der Waals surface area (Å²) in [6.45, 7) is 7.93. The maximum atomic E-state index is 3.94. The molecule has 0 atom stereocenters. The number of hydrogen-bond acceptors (Lipinski definition) is 1. The summed E-state index contributed by atoms with van der Waals surface area (Å²) in [6, 6.07) is 10.4. The molecule has 0 saturated heterocycles. The number of rotatable bonds is 5. The van der Waals surface area contributed by atoms with Crippen LogP contribution >= 0.6 is 0 Å². The van der Waals surface area contributed by atoms with E-state index in [-0.39, 0.29) is 0 Å². The van der Waals surface area contributed by atoms with E-state index in [2.05, 4.69) is 43.1 Å². The monoisotopic (exact) mass is 175 g/mol. The molecule has 1 rings (SSSR count). The summed E-state index contributed by atoms with van der Waals surface area (Å²) >= 11 is 0. The maximum Gasteiger partial charge on any atom is 0.0208 e. The lowest BCUT2D eigenvalue weighted by Crippen LogP contribution is -2.15. The van der Waals surface area contributed by atoms with Crippen LogP contribution in [0.15, 0.2) is 42.5 Å². The molecule has 0 saturated carbocycles. The minimum Gasteiger partial charge on any atom is -0.309 e. The summed E-state index contributed by atoms with van der Waals surface area (Å²) in [6.07, 6.45) is 1.06. The minimum absolute atomic E-state index is 0.922. The zero-order valence-corrected chi connectivity index (χ0v) is 8.22. The Balaban J connectivity index is 2.24. The smallest absolute Gasteiger partial charge is 0.0208 e. The number of benzene rings is 1. The van der Waals surface area contributed by atoms with Crippen molar-refractivity contribution >= 4 is 0 Å². The van der Waals surface area contributed by atoms with Gasteiger partial charge >= 0.3 is 0 Å². The average molecular weight is 175 g/mol. The molecule has 0 radical (unpaired) electrons. The third kappa shape index (κ3) is 3.90. The second-order valence-corrected chi connectivity index (χ2v) is 3.19. The third-order valence-corrected chi connectivity index (χ3v) is 2.05. The topological polar surface area (TPSA) is 12.0 Å². The third-order valence-electron chi connectivity index (χ3n) is 2.05. The lowest BCUT2D eigenvalue weighted by molar-refractivity contribution is 0.727. The maximum absolute atomic E-state index is 3.94. The van der Waals surface area contributed by atoms with Crippen molar-refractivity contribution in [2.24, 2.45) is 0 Å². The Hall–Kier alpha value is -1.08. The van der Waals surface area contributed by atoms with E-state index < -0.39 is 0 Å². The summed E-state index contributed by atoms with van der Waals surface area (Å²) in [4.78, 5) is 0. The molecule has 0 unspecified atom stereocenters. The molecule has 0 bridgehead atoms. The summed E-state index contributed by atoms with van der Waals surface area (Å²) in [7, 11) is 0. The molecule has 0 spiro atoms. The lowest BCUT2D eigenvalue weighted by atomic mass is 10.2. The van der Waals surface area contributed by atoms with Crippen molar-refractivity contribution in [1.29, 1.82) is 0 Å². The highest BCUT2D eigenvalue weighted by Gasteiger charge is 1.91. The van der Waals surface area contributed by atoms with Gasteiger partial charge in [-0.15, -0.1) is 0 Å². The molecule has 1 aromatic carbocycles. The van der Waals surface area contributed by atoms with Crippen molar-refractivity contribution in [3.63, 3.8) is 0 Å². The first-order chi connectivity index (χ1) is 6.33. The molecule has 1 heteroatoms. The predicted molar refractivity (Wildman–Crippen MR) is 57.6 cm³/mol. The first-order valence-corrected chi connectivity index (χ1v) is 4.74. The second-order valence-electron chi connectivity index (χ2n) is 3.19. The molecule has 0 aliphatic rings. The van der Waals surface area contributed by atoms with E-state index in [4.69, 9.17) is 0 Å². The van der Waals surface area contributed by atoms with Gasteiger partial charge in [-0.2, -0.15) is 0 Å². The molecular formula is C12H17N. The van der Waals surface area contributed by atoms with Gasteiger partial charge in [0.1, 0.15) is 0 Å². The fourth-order valence-electron chi connectivity index (χ4n) is 1.10. The summed E-state index contributed by atoms with van der Waals surface area (Å²) in [5.74, 6) is 0. The molecule has 1 aromatic rings. The zero-order valence-electron chi connectivity index (χ0n) is 8.22. The van der Waals surface area contributed by atoms with Crippen LogP contribution in [0.25, 0.3) is 0 Å². The van der Waals surface area contributed by atoms with Gasteiger partial charge in [-0.3, -0.25) is 0 Å². The van der Waals surface area contributed by atoms with E-state index in [1.54, 1.807) is 0 Å². The van der Waals surface area contributed by atoms with Gasteiger partial charge in [-0.05, 0) is 12.0 Å². The molecule has 0 aliphatic carbocycles. The zero-order chi connectivity index (χ0) is 9.52. The minimum atomic E-state index is 0.922. The largest absolute Gasteiger partial charge is 0.309 e. The first-order valence-electron chi connectivity index (χ1n) is 4.74. The predicted octanol–water partition coefficient (Wildman–Crippen LogP) is 2.74. The quantitative estimate of drug-likeness (QED) is 0.678. The van der Waals surface area contributed by atoms with Gasteiger partial charge in [-0.25, -0.2) is 0 Å². The van der Waals surface area contributed by atoms with Crippen molar-refractivity contribution in [3.05, 3.63) is 48.0 Å². The highest BCUT2D eigenvalue weighted by molar-refractivity contribution is 5.14. The Morgan fingerprint density at radius 1 is 1.31 bits per heavy atom. The van der Waals surface area contributed by atoms with Gasteiger partial charge in [0.05, 0.1) is 0 Å². The first kappa shape index (κ1) is 10.0. The molecule has 0 aromatic heterocycles. The van der Waals surface area contributed by atoms with E-state index in [1.165, 1.54) is 11.1 Å². The van der Waals surface area contributed by atoms with Crippen LogP contribution < -0.4 is 5.32 Å². The van der Waals surface area contributed by atoms with Crippen LogP contribution in [0.3, 0.4) is 0 Å². The fraction of sp³-hybridized carbons (Fsp3) is 0.333. The Morgan fingerprint density at radius 3 is 2.62 bits per heavy atom. The molecule has 70 valence electrons. The van der Waals surface area contributed by atoms with E-state index in [9.17, 15) is 0 Å². The van der Waals surface area contributed by atoms with Crippen molar-refractivity contribution in [1.82, 2.24) is 5.32 Å². The van der Waals surface area contributed by atoms with Gasteiger partial charge in [0.15, 0.2) is 0 Å². The van der Waals surface area contributed by atoms with Crippen molar-refractivity contribution in [2.45, 2.75) is 19.9 Å². The van der Waals surface area contributed by atoms with Crippen LogP contribution in [0.5, 0.6) is 0 Å². The average Bonchev–Trinajstić information content (AvgIpc) is 2.19. The Bertz CT molecular complexity index is 251. The molecule has 0 fully saturated rings. The van der Waals surface area contributed by atoms with Gasteiger partial charge in [0.2, 0.25) is 0 Å². The SMILES string of the molecule is C=C(CC)CNCc1ccccc1. The van der Waals surface area contributed by atoms with Crippen LogP contribution in [0.1, 0.15) is 18.9 Å². The van der Waals surface area contributed by atoms with Crippen LogP contribution in [0.2, 0.25) is 0 Å². The van der Waals surface area contributed by atoms with Crippen molar-refractivity contribution in [2.75, 3.05) is 6.54 Å². The second kappa shape index (κ2) is 5.55. The summed E-state index contributed by atoms with van der Waals surface area (Å²) in [5.41, 5.74) is 2.59. The van der Waals surface area contributed by atoms with Crippen LogP contribution in [-0.2, 0) is 6.54 Å². The van der Waals surface area contributed by atoms with Gasteiger partial charge < -0.3 is 5.32 Å². The Morgan fingerprint density at radius 2 is 2.00 bits per heavy atom. The highest BCUT2D eigenvalue weighted by Crippen LogP contribution is 1.98. The van der Waals surface area contributed by atoms with Crippen LogP contribution in [0, 0.1) is 0 Å². The summed E-state index contributed by atoms with van der Waals surface area (Å²) < 4.78 is 0. The molecule has 0 heterocycles. The molecule has 0 aliphatic heterocycles. The van der Waals surface area contributed by atoms with E-state index in [0.717, 1.165) is 19.5 Å². The Kier molecular flexibility index (Phi) is 4.27. The standard InChI is InChI=1S/C12H17N/c1-3-11(2)9-13-10-12-7-5-4-6-8-12/h4-8,13H,2-3,9-10H2,1H3. The Labute approximate surface area is 80.5 Å². The van der Waals surface area contributed by atoms with Gasteiger partial charge in [0.25, 0.3) is 0 Å². The van der Waals surface area contributed by atoms with E-state index >= 15 is 0 Å². The number of hydrogen-bond donors (Lipinski definition) is 1. The van der Waals surface area contributed by atoms with Crippen LogP contribution in [-0.4, -0.2) is 6.54 Å². The van der Waals surface area contributed by atoms with Crippen LogP contribution in [0.4, 0.5) is 0 Å². The lowest BCUT2D eigenvalue weighted by Gasteiger charge is -2.05. The fourth-order valence-corrected chi connectivity index (χ4v) is 1.10. The van der Waals surface area contributed by atoms with Crippen molar-refractivity contribution in [3.8, 4) is 0 Å². The van der Waals surface area contributed by atoms with E-state index in [1.807, 2.05) is 6.07 Å². The number of nitrogens with one attached hydrogen (secondary N) is 1. The molecule has 13 heavy (non-hydrogen) atoms. The van der Waals surface area contributed by atoms with Crippen molar-refractivity contribution < 1.29 is 0 Å². The molecule has 0 amide bonds. The van der Waals surface area contributed by atoms with E-state index in [0.29, 0.717) is 0 Å².